The Bertz CT molecular complexity index is 820. The van der Waals surface area contributed by atoms with E-state index in [4.69, 9.17) is 0 Å². The van der Waals surface area contributed by atoms with Gasteiger partial charge in [-0.05, 0) is 56.5 Å². The van der Waals surface area contributed by atoms with E-state index < -0.39 is 0 Å². The van der Waals surface area contributed by atoms with Crippen molar-refractivity contribution in [3.05, 3.63) is 53.6 Å². The molecular weight excluding hydrogens is 368 g/mol. The van der Waals surface area contributed by atoms with Gasteiger partial charge < -0.3 is 10.6 Å². The van der Waals surface area contributed by atoms with E-state index in [0.717, 1.165) is 34.7 Å². The van der Waals surface area contributed by atoms with Gasteiger partial charge in [0.05, 0.1) is 5.25 Å². The highest BCUT2D eigenvalue weighted by Gasteiger charge is 2.19. The zero-order valence-corrected chi connectivity index (χ0v) is 18.0. The Labute approximate surface area is 172 Å². The van der Waals surface area contributed by atoms with Crippen molar-refractivity contribution >= 4 is 35.0 Å². The van der Waals surface area contributed by atoms with Crippen LogP contribution in [-0.2, 0) is 9.59 Å². The quantitative estimate of drug-likeness (QED) is 0.514. The van der Waals surface area contributed by atoms with Crippen LogP contribution in [0.2, 0.25) is 0 Å². The molecule has 0 bridgehead atoms. The minimum atomic E-state index is -0.202. The van der Waals surface area contributed by atoms with E-state index in [1.165, 1.54) is 17.3 Å². The van der Waals surface area contributed by atoms with Crippen LogP contribution < -0.4 is 10.6 Å². The molecule has 0 aliphatic heterocycles. The average molecular weight is 399 g/mol. The molecule has 0 saturated carbocycles. The number of nitrogens with one attached hydrogen (secondary N) is 2. The summed E-state index contributed by atoms with van der Waals surface area (Å²) in [6.45, 7) is 8.12. The van der Waals surface area contributed by atoms with Crippen molar-refractivity contribution in [1.82, 2.24) is 0 Å². The van der Waals surface area contributed by atoms with Crippen molar-refractivity contribution in [1.29, 1.82) is 0 Å². The Kier molecular flexibility index (Phi) is 8.58. The summed E-state index contributed by atoms with van der Waals surface area (Å²) in [4.78, 5) is 25.7. The molecular formula is C23H30N2O2S. The Morgan fingerprint density at radius 3 is 2.50 bits per heavy atom. The summed E-state index contributed by atoms with van der Waals surface area (Å²) < 4.78 is 0. The van der Waals surface area contributed by atoms with Gasteiger partial charge >= 0.3 is 0 Å². The van der Waals surface area contributed by atoms with Gasteiger partial charge in [-0.15, -0.1) is 11.8 Å². The van der Waals surface area contributed by atoms with Gasteiger partial charge in [0.15, 0.2) is 0 Å². The fourth-order valence-electron chi connectivity index (χ4n) is 2.86. The van der Waals surface area contributed by atoms with Crippen LogP contribution in [0, 0.1) is 13.8 Å². The molecule has 1 unspecified atom stereocenters. The minimum absolute atomic E-state index is 0.00293. The van der Waals surface area contributed by atoms with E-state index in [0.29, 0.717) is 12.8 Å². The SMILES string of the molecule is CCCCC(=O)Nc1cccc(SC(CC)C(=O)Nc2ccc(C)cc2C)c1. The fraction of sp³-hybridized carbons (Fsp3) is 0.391. The maximum atomic E-state index is 12.8. The summed E-state index contributed by atoms with van der Waals surface area (Å²) in [5.74, 6) is 0.0282. The van der Waals surface area contributed by atoms with Crippen molar-refractivity contribution in [2.75, 3.05) is 10.6 Å². The van der Waals surface area contributed by atoms with Crippen LogP contribution in [0.1, 0.15) is 50.7 Å². The van der Waals surface area contributed by atoms with Crippen LogP contribution in [-0.4, -0.2) is 17.1 Å². The Morgan fingerprint density at radius 1 is 1.04 bits per heavy atom. The van der Waals surface area contributed by atoms with Crippen molar-refractivity contribution in [2.24, 2.45) is 0 Å². The first kappa shape index (κ1) is 22.0. The molecule has 1 atom stereocenters. The molecule has 0 aromatic heterocycles. The topological polar surface area (TPSA) is 58.2 Å². The Morgan fingerprint density at radius 2 is 1.82 bits per heavy atom. The monoisotopic (exact) mass is 398 g/mol. The minimum Gasteiger partial charge on any atom is -0.326 e. The number of unbranched alkanes of at least 4 members (excludes halogenated alkanes) is 1. The molecule has 0 fully saturated rings. The van der Waals surface area contributed by atoms with Gasteiger partial charge in [0.25, 0.3) is 0 Å². The lowest BCUT2D eigenvalue weighted by atomic mass is 10.1. The smallest absolute Gasteiger partial charge is 0.237 e. The number of carbonyl (C=O) groups is 2. The third-order valence-corrected chi connectivity index (χ3v) is 5.81. The van der Waals surface area contributed by atoms with Gasteiger partial charge in [0.1, 0.15) is 0 Å². The molecule has 0 heterocycles. The van der Waals surface area contributed by atoms with Crippen LogP contribution in [0.25, 0.3) is 0 Å². The lowest BCUT2D eigenvalue weighted by Crippen LogP contribution is -2.25. The average Bonchev–Trinajstić information content (AvgIpc) is 2.66. The van der Waals surface area contributed by atoms with Gasteiger partial charge in [-0.1, -0.05) is 44.0 Å². The van der Waals surface area contributed by atoms with Crippen molar-refractivity contribution in [2.45, 2.75) is 63.5 Å². The lowest BCUT2D eigenvalue weighted by molar-refractivity contribution is -0.116. The van der Waals surface area contributed by atoms with Crippen molar-refractivity contribution in [3.63, 3.8) is 0 Å². The van der Waals surface area contributed by atoms with Crippen molar-refractivity contribution in [3.8, 4) is 0 Å². The summed E-state index contributed by atoms with van der Waals surface area (Å²) in [6.07, 6.45) is 3.13. The van der Waals surface area contributed by atoms with E-state index in [1.807, 2.05) is 57.2 Å². The van der Waals surface area contributed by atoms with Gasteiger partial charge in [-0.3, -0.25) is 9.59 Å². The number of rotatable bonds is 9. The number of thioether (sulfide) groups is 1. The number of amides is 2. The molecule has 0 aliphatic rings. The lowest BCUT2D eigenvalue weighted by Gasteiger charge is -2.17. The zero-order valence-electron chi connectivity index (χ0n) is 17.2. The first-order valence-corrected chi connectivity index (χ1v) is 10.8. The van der Waals surface area contributed by atoms with Gasteiger partial charge in [-0.25, -0.2) is 0 Å². The van der Waals surface area contributed by atoms with Crippen molar-refractivity contribution < 1.29 is 9.59 Å². The Hall–Kier alpha value is -2.27. The molecule has 2 rings (SSSR count). The van der Waals surface area contributed by atoms with E-state index in [9.17, 15) is 9.59 Å². The zero-order chi connectivity index (χ0) is 20.5. The highest BCUT2D eigenvalue weighted by Crippen LogP contribution is 2.29. The van der Waals surface area contributed by atoms with Crippen LogP contribution in [0.5, 0.6) is 0 Å². The standard InChI is InChI=1S/C23H30N2O2S/c1-5-7-11-22(26)24-18-9-8-10-19(15-18)28-21(6-2)23(27)25-20-13-12-16(3)14-17(20)4/h8-10,12-15,21H,5-7,11H2,1-4H3,(H,24,26)(H,25,27). The third-order valence-electron chi connectivity index (χ3n) is 4.46. The van der Waals surface area contributed by atoms with Gasteiger partial charge in [0, 0.05) is 22.7 Å². The van der Waals surface area contributed by atoms with Crippen LogP contribution in [0.3, 0.4) is 0 Å². The normalized spacial score (nSPS) is 11.7. The molecule has 0 radical (unpaired) electrons. The molecule has 0 aliphatic carbocycles. The van der Waals surface area contributed by atoms with E-state index in [-0.39, 0.29) is 17.1 Å². The summed E-state index contributed by atoms with van der Waals surface area (Å²) in [5, 5.41) is 5.78. The van der Waals surface area contributed by atoms with Crippen LogP contribution >= 0.6 is 11.8 Å². The van der Waals surface area contributed by atoms with Crippen LogP contribution in [0.15, 0.2) is 47.4 Å². The summed E-state index contributed by atoms with van der Waals surface area (Å²) >= 11 is 1.52. The van der Waals surface area contributed by atoms with E-state index in [1.54, 1.807) is 0 Å². The highest BCUT2D eigenvalue weighted by atomic mass is 32.2. The van der Waals surface area contributed by atoms with Gasteiger partial charge in [-0.2, -0.15) is 0 Å². The second-order valence-electron chi connectivity index (χ2n) is 7.00. The molecule has 0 spiro atoms. The predicted molar refractivity (Wildman–Crippen MR) is 119 cm³/mol. The summed E-state index contributed by atoms with van der Waals surface area (Å²) in [5.41, 5.74) is 3.86. The van der Waals surface area contributed by atoms with E-state index in [2.05, 4.69) is 23.6 Å². The molecule has 4 nitrogen and oxygen atoms in total. The molecule has 2 N–H and O–H groups in total. The summed E-state index contributed by atoms with van der Waals surface area (Å²) in [6, 6.07) is 13.7. The first-order chi connectivity index (χ1) is 13.4. The molecule has 5 heteroatoms. The third kappa shape index (κ3) is 6.71. The number of anilines is 2. The number of carbonyl (C=O) groups excluding carboxylic acids is 2. The second-order valence-corrected chi connectivity index (χ2v) is 8.28. The summed E-state index contributed by atoms with van der Waals surface area (Å²) in [7, 11) is 0. The molecule has 2 aromatic rings. The number of aryl methyl sites for hydroxylation is 2. The molecule has 28 heavy (non-hydrogen) atoms. The highest BCUT2D eigenvalue weighted by molar-refractivity contribution is 8.00. The maximum absolute atomic E-state index is 12.8. The van der Waals surface area contributed by atoms with Crippen LogP contribution in [0.4, 0.5) is 11.4 Å². The number of benzene rings is 2. The first-order valence-electron chi connectivity index (χ1n) is 9.87. The predicted octanol–water partition coefficient (Wildman–Crippen LogP) is 5.94. The van der Waals surface area contributed by atoms with E-state index >= 15 is 0 Å². The number of hydrogen-bond acceptors (Lipinski definition) is 3. The molecule has 2 amide bonds. The second kappa shape index (κ2) is 10.9. The molecule has 2 aromatic carbocycles. The molecule has 0 saturated heterocycles. The van der Waals surface area contributed by atoms with Gasteiger partial charge in [0.2, 0.25) is 11.8 Å². The Balaban J connectivity index is 2.02. The maximum Gasteiger partial charge on any atom is 0.237 e. The fourth-order valence-corrected chi connectivity index (χ4v) is 3.87. The number of hydrogen-bond donors (Lipinski definition) is 2. The molecule has 150 valence electrons. The largest absolute Gasteiger partial charge is 0.326 e.